The van der Waals surface area contributed by atoms with Gasteiger partial charge in [-0.05, 0) is 37.5 Å². The van der Waals surface area contributed by atoms with E-state index in [2.05, 4.69) is 14.8 Å². The Morgan fingerprint density at radius 2 is 2.10 bits per heavy atom. The van der Waals surface area contributed by atoms with Crippen LogP contribution in [-0.2, 0) is 24.3 Å². The van der Waals surface area contributed by atoms with Crippen molar-refractivity contribution in [1.29, 1.82) is 0 Å². The minimum atomic E-state index is -0.407. The number of aryl methyl sites for hydroxylation is 2. The van der Waals surface area contributed by atoms with Gasteiger partial charge >= 0.3 is 5.63 Å². The Balaban J connectivity index is 1.40. The molecule has 0 saturated heterocycles. The molecule has 0 radical (unpaired) electrons. The van der Waals surface area contributed by atoms with E-state index in [1.807, 2.05) is 13.0 Å². The third kappa shape index (κ3) is 4.16. The molecule has 0 atom stereocenters. The summed E-state index contributed by atoms with van der Waals surface area (Å²) in [5.41, 5.74) is 0.876. The molecular weight excluding hydrogens is 372 g/mol. The molecule has 0 spiro atoms. The molecule has 1 amide bonds. The first-order valence-electron chi connectivity index (χ1n) is 9.83. The van der Waals surface area contributed by atoms with Crippen LogP contribution in [0.25, 0.3) is 11.0 Å². The number of benzene rings is 1. The molecule has 0 fully saturated rings. The predicted octanol–water partition coefficient (Wildman–Crippen LogP) is 2.46. The van der Waals surface area contributed by atoms with E-state index in [-0.39, 0.29) is 12.5 Å². The minimum Gasteiger partial charge on any atom is -0.484 e. The number of carbonyl (C=O) groups is 1. The van der Waals surface area contributed by atoms with Gasteiger partial charge < -0.3 is 18.6 Å². The highest BCUT2D eigenvalue weighted by Crippen LogP contribution is 2.22. The van der Waals surface area contributed by atoms with Crippen molar-refractivity contribution in [2.75, 3.05) is 13.7 Å². The summed E-state index contributed by atoms with van der Waals surface area (Å²) in [6.45, 7) is 3.03. The van der Waals surface area contributed by atoms with Crippen LogP contribution >= 0.6 is 0 Å². The molecule has 0 aliphatic carbocycles. The van der Waals surface area contributed by atoms with Gasteiger partial charge in [0.1, 0.15) is 17.2 Å². The molecule has 1 aliphatic heterocycles. The smallest absolute Gasteiger partial charge is 0.336 e. The van der Waals surface area contributed by atoms with E-state index < -0.39 is 5.63 Å². The molecular formula is C21H24N4O4. The van der Waals surface area contributed by atoms with Crippen molar-refractivity contribution in [2.24, 2.45) is 0 Å². The van der Waals surface area contributed by atoms with Crippen molar-refractivity contribution in [3.05, 3.63) is 51.9 Å². The summed E-state index contributed by atoms with van der Waals surface area (Å²) >= 11 is 0. The first kappa shape index (κ1) is 19.2. The van der Waals surface area contributed by atoms with Crippen LogP contribution in [0.5, 0.6) is 5.75 Å². The molecule has 4 rings (SSSR count). The molecule has 152 valence electrons. The lowest BCUT2D eigenvalue weighted by Gasteiger charge is -2.18. The maximum atomic E-state index is 12.5. The monoisotopic (exact) mass is 396 g/mol. The molecule has 3 heterocycles. The Morgan fingerprint density at radius 3 is 2.97 bits per heavy atom. The second-order valence-electron chi connectivity index (χ2n) is 7.44. The topological polar surface area (TPSA) is 90.5 Å². The Bertz CT molecular complexity index is 1100. The van der Waals surface area contributed by atoms with Gasteiger partial charge in [-0.15, -0.1) is 10.2 Å². The number of amides is 1. The molecule has 1 aliphatic rings. The van der Waals surface area contributed by atoms with Crippen molar-refractivity contribution in [1.82, 2.24) is 19.7 Å². The third-order valence-electron chi connectivity index (χ3n) is 5.28. The lowest BCUT2D eigenvalue weighted by molar-refractivity contribution is -0.132. The van der Waals surface area contributed by atoms with Crippen LogP contribution in [0.1, 0.15) is 36.5 Å². The molecule has 0 unspecified atom stereocenters. The van der Waals surface area contributed by atoms with Crippen LogP contribution in [0.3, 0.4) is 0 Å². The lowest BCUT2D eigenvalue weighted by atomic mass is 10.1. The average molecular weight is 396 g/mol. The summed E-state index contributed by atoms with van der Waals surface area (Å²) in [5, 5.41) is 9.38. The molecule has 2 aromatic heterocycles. The van der Waals surface area contributed by atoms with Crippen LogP contribution in [0.15, 0.2) is 33.5 Å². The SMILES string of the molecule is Cc1cc(=O)oc2cc(OCC(=O)N(C)Cc3nnc4n3CCCCC4)ccc12. The molecule has 29 heavy (non-hydrogen) atoms. The zero-order chi connectivity index (χ0) is 20.4. The van der Waals surface area contributed by atoms with Crippen LogP contribution in [0.4, 0.5) is 0 Å². The van der Waals surface area contributed by atoms with Gasteiger partial charge in [0.25, 0.3) is 5.91 Å². The molecule has 0 N–H and O–H groups in total. The van der Waals surface area contributed by atoms with Crippen LogP contribution in [0.2, 0.25) is 0 Å². The highest BCUT2D eigenvalue weighted by molar-refractivity contribution is 5.81. The standard InChI is InChI=1S/C21H24N4O4/c1-14-10-21(27)29-17-11-15(7-8-16(14)17)28-13-20(26)24(2)12-19-23-22-18-6-4-3-5-9-25(18)19/h7-8,10-11H,3-6,9,12-13H2,1-2H3. The highest BCUT2D eigenvalue weighted by atomic mass is 16.5. The fourth-order valence-electron chi connectivity index (χ4n) is 3.61. The number of carbonyl (C=O) groups excluding carboxylic acids is 1. The summed E-state index contributed by atoms with van der Waals surface area (Å²) in [6.07, 6.45) is 4.37. The second kappa shape index (κ2) is 8.06. The van der Waals surface area contributed by atoms with Crippen LogP contribution in [-0.4, -0.2) is 39.2 Å². The number of rotatable bonds is 5. The zero-order valence-corrected chi connectivity index (χ0v) is 16.7. The lowest BCUT2D eigenvalue weighted by Crippen LogP contribution is -2.32. The summed E-state index contributed by atoms with van der Waals surface area (Å²) in [7, 11) is 1.73. The predicted molar refractivity (Wildman–Crippen MR) is 107 cm³/mol. The quantitative estimate of drug-likeness (QED) is 0.616. The van der Waals surface area contributed by atoms with E-state index in [0.717, 1.165) is 48.4 Å². The van der Waals surface area contributed by atoms with E-state index in [1.165, 1.54) is 12.5 Å². The number of nitrogens with zero attached hydrogens (tertiary/aromatic N) is 4. The van der Waals surface area contributed by atoms with Gasteiger partial charge in [0.15, 0.2) is 12.4 Å². The molecule has 1 aromatic carbocycles. The molecule has 0 saturated carbocycles. The van der Waals surface area contributed by atoms with Crippen LogP contribution < -0.4 is 10.4 Å². The third-order valence-corrected chi connectivity index (χ3v) is 5.28. The van der Waals surface area contributed by atoms with Gasteiger partial charge in [0, 0.05) is 37.5 Å². The number of ether oxygens (including phenoxy) is 1. The maximum Gasteiger partial charge on any atom is 0.336 e. The number of aromatic nitrogens is 3. The highest BCUT2D eigenvalue weighted by Gasteiger charge is 2.18. The number of hydrogen-bond donors (Lipinski definition) is 0. The Morgan fingerprint density at radius 1 is 1.24 bits per heavy atom. The Hall–Kier alpha value is -3.16. The van der Waals surface area contributed by atoms with Crippen molar-refractivity contribution in [2.45, 2.75) is 45.7 Å². The summed E-state index contributed by atoms with van der Waals surface area (Å²) in [6, 6.07) is 6.67. The maximum absolute atomic E-state index is 12.5. The van der Waals surface area contributed by atoms with Gasteiger partial charge in [-0.2, -0.15) is 0 Å². The second-order valence-corrected chi connectivity index (χ2v) is 7.44. The van der Waals surface area contributed by atoms with E-state index in [0.29, 0.717) is 17.9 Å². The Labute approximate surface area is 168 Å². The molecule has 0 bridgehead atoms. The van der Waals surface area contributed by atoms with Gasteiger partial charge in [0.05, 0.1) is 6.54 Å². The van der Waals surface area contributed by atoms with Gasteiger partial charge in [-0.25, -0.2) is 4.79 Å². The zero-order valence-electron chi connectivity index (χ0n) is 16.7. The number of fused-ring (bicyclic) bond motifs is 2. The van der Waals surface area contributed by atoms with Gasteiger partial charge in [-0.3, -0.25) is 4.79 Å². The van der Waals surface area contributed by atoms with E-state index in [9.17, 15) is 9.59 Å². The normalized spacial score (nSPS) is 13.7. The Kier molecular flexibility index (Phi) is 5.33. The average Bonchev–Trinajstić information content (AvgIpc) is 2.91. The fourth-order valence-corrected chi connectivity index (χ4v) is 3.61. The fraction of sp³-hybridized carbons (Fsp3) is 0.429. The van der Waals surface area contributed by atoms with Crippen molar-refractivity contribution in [3.8, 4) is 5.75 Å². The summed E-state index contributed by atoms with van der Waals surface area (Å²) in [4.78, 5) is 25.7. The van der Waals surface area contributed by atoms with Crippen LogP contribution in [0, 0.1) is 6.92 Å². The van der Waals surface area contributed by atoms with Crippen molar-refractivity contribution >= 4 is 16.9 Å². The van der Waals surface area contributed by atoms with Crippen molar-refractivity contribution < 1.29 is 13.9 Å². The van der Waals surface area contributed by atoms with E-state index >= 15 is 0 Å². The van der Waals surface area contributed by atoms with Gasteiger partial charge in [-0.1, -0.05) is 6.42 Å². The molecule has 3 aromatic rings. The minimum absolute atomic E-state index is 0.112. The molecule has 8 heteroatoms. The van der Waals surface area contributed by atoms with E-state index in [1.54, 1.807) is 24.1 Å². The van der Waals surface area contributed by atoms with Gasteiger partial charge in [0.2, 0.25) is 0 Å². The molecule has 8 nitrogen and oxygen atoms in total. The van der Waals surface area contributed by atoms with Crippen molar-refractivity contribution in [3.63, 3.8) is 0 Å². The largest absolute Gasteiger partial charge is 0.484 e. The van der Waals surface area contributed by atoms with E-state index in [4.69, 9.17) is 9.15 Å². The first-order chi connectivity index (χ1) is 14.0. The number of hydrogen-bond acceptors (Lipinski definition) is 6. The first-order valence-corrected chi connectivity index (χ1v) is 9.83. The summed E-state index contributed by atoms with van der Waals surface area (Å²) < 4.78 is 13.0. The summed E-state index contributed by atoms with van der Waals surface area (Å²) in [5.74, 6) is 2.12. The number of likely N-dealkylation sites (N-methyl/N-ethyl adjacent to an activating group) is 1.